The van der Waals surface area contributed by atoms with Crippen molar-refractivity contribution in [2.24, 2.45) is 5.73 Å². The van der Waals surface area contributed by atoms with Crippen molar-refractivity contribution in [1.29, 1.82) is 0 Å². The van der Waals surface area contributed by atoms with E-state index in [0.717, 1.165) is 5.69 Å². The number of amides is 1. The van der Waals surface area contributed by atoms with Crippen LogP contribution in [0.1, 0.15) is 39.6 Å². The minimum Gasteiger partial charge on any atom is -0.463 e. The highest BCUT2D eigenvalue weighted by Gasteiger charge is 2.15. The first-order valence-corrected chi connectivity index (χ1v) is 6.35. The molecule has 110 valence electrons. The molecule has 0 aliphatic rings. The van der Waals surface area contributed by atoms with Crippen LogP contribution in [0.4, 0.5) is 5.69 Å². The molecule has 0 bridgehead atoms. The molecule has 1 atom stereocenters. The monoisotopic (exact) mass is 288 g/mol. The Bertz CT molecular complexity index is 646. The van der Waals surface area contributed by atoms with Crippen molar-refractivity contribution in [3.63, 3.8) is 0 Å². The molecule has 6 heteroatoms. The number of rotatable bonds is 5. The van der Waals surface area contributed by atoms with Crippen LogP contribution in [0.3, 0.4) is 0 Å². The predicted octanol–water partition coefficient (Wildman–Crippen LogP) is 2.34. The summed E-state index contributed by atoms with van der Waals surface area (Å²) in [6, 6.07) is 9.90. The van der Waals surface area contributed by atoms with Crippen molar-refractivity contribution in [2.45, 2.75) is 13.0 Å². The lowest BCUT2D eigenvalue weighted by Gasteiger charge is -2.13. The Kier molecular flexibility index (Phi) is 4.27. The number of methoxy groups -OCH3 is 1. The third kappa shape index (κ3) is 3.42. The number of benzene rings is 1. The number of anilines is 1. The lowest BCUT2D eigenvalue weighted by Crippen LogP contribution is -2.11. The molecular formula is C15H16N2O4. The molecular weight excluding hydrogens is 272 g/mol. The number of hydrogen-bond acceptors (Lipinski definition) is 5. The molecule has 0 saturated carbocycles. The maximum Gasteiger partial charge on any atom is 0.373 e. The second-order valence-electron chi connectivity index (χ2n) is 4.50. The van der Waals surface area contributed by atoms with E-state index in [-0.39, 0.29) is 11.8 Å². The zero-order chi connectivity index (χ0) is 15.4. The van der Waals surface area contributed by atoms with Gasteiger partial charge >= 0.3 is 5.97 Å². The van der Waals surface area contributed by atoms with Crippen molar-refractivity contribution in [3.8, 4) is 0 Å². The first-order valence-electron chi connectivity index (χ1n) is 6.35. The molecule has 1 unspecified atom stereocenters. The highest BCUT2D eigenvalue weighted by molar-refractivity contribution is 5.93. The first-order chi connectivity index (χ1) is 10.0. The maximum absolute atomic E-state index is 11.3. The van der Waals surface area contributed by atoms with E-state index in [1.54, 1.807) is 36.4 Å². The van der Waals surface area contributed by atoms with E-state index in [1.165, 1.54) is 7.11 Å². The van der Waals surface area contributed by atoms with Gasteiger partial charge in [0.25, 0.3) is 0 Å². The Morgan fingerprint density at radius 1 is 1.19 bits per heavy atom. The van der Waals surface area contributed by atoms with Gasteiger partial charge in [-0.05, 0) is 43.3 Å². The van der Waals surface area contributed by atoms with Crippen LogP contribution >= 0.6 is 0 Å². The fraction of sp³-hybridized carbons (Fsp3) is 0.200. The lowest BCUT2D eigenvalue weighted by molar-refractivity contribution is 0.0562. The summed E-state index contributed by atoms with van der Waals surface area (Å²) < 4.78 is 10.0. The Morgan fingerprint density at radius 2 is 1.86 bits per heavy atom. The number of primary amides is 1. The van der Waals surface area contributed by atoms with Gasteiger partial charge in [-0.1, -0.05) is 0 Å². The summed E-state index contributed by atoms with van der Waals surface area (Å²) in [6.07, 6.45) is 0. The summed E-state index contributed by atoms with van der Waals surface area (Å²) in [5, 5.41) is 3.20. The predicted molar refractivity (Wildman–Crippen MR) is 77.0 cm³/mol. The van der Waals surface area contributed by atoms with Crippen LogP contribution in [0.25, 0.3) is 0 Å². The molecule has 2 aromatic rings. The van der Waals surface area contributed by atoms with Gasteiger partial charge in [0.1, 0.15) is 5.76 Å². The number of carbonyl (C=O) groups is 2. The van der Waals surface area contributed by atoms with Crippen LogP contribution in [0.15, 0.2) is 40.8 Å². The molecule has 0 aliphatic heterocycles. The van der Waals surface area contributed by atoms with Crippen LogP contribution in [0.2, 0.25) is 0 Å². The average molecular weight is 288 g/mol. The zero-order valence-corrected chi connectivity index (χ0v) is 11.8. The Labute approximate surface area is 121 Å². The van der Waals surface area contributed by atoms with E-state index in [4.69, 9.17) is 10.2 Å². The quantitative estimate of drug-likeness (QED) is 0.823. The topological polar surface area (TPSA) is 94.6 Å². The number of nitrogens with two attached hydrogens (primary N) is 1. The second kappa shape index (κ2) is 6.13. The van der Waals surface area contributed by atoms with E-state index in [0.29, 0.717) is 11.3 Å². The number of nitrogens with one attached hydrogen (secondary N) is 1. The summed E-state index contributed by atoms with van der Waals surface area (Å²) in [4.78, 5) is 22.3. The SMILES string of the molecule is COC(=O)c1ccc(C(C)Nc2ccc(C(N)=O)cc2)o1. The number of esters is 1. The Balaban J connectivity index is 2.07. The average Bonchev–Trinajstić information content (AvgIpc) is 2.97. The molecule has 0 aliphatic carbocycles. The molecule has 1 aromatic carbocycles. The van der Waals surface area contributed by atoms with E-state index in [9.17, 15) is 9.59 Å². The molecule has 2 rings (SSSR count). The highest BCUT2D eigenvalue weighted by Crippen LogP contribution is 2.22. The summed E-state index contributed by atoms with van der Waals surface area (Å²) in [5.74, 6) is -0.220. The molecule has 0 saturated heterocycles. The third-order valence-electron chi connectivity index (χ3n) is 2.99. The fourth-order valence-electron chi connectivity index (χ4n) is 1.85. The summed E-state index contributed by atoms with van der Waals surface area (Å²) in [6.45, 7) is 1.89. The second-order valence-corrected chi connectivity index (χ2v) is 4.50. The van der Waals surface area contributed by atoms with Gasteiger partial charge in [-0.3, -0.25) is 4.79 Å². The smallest absolute Gasteiger partial charge is 0.373 e. The van der Waals surface area contributed by atoms with E-state index >= 15 is 0 Å². The van der Waals surface area contributed by atoms with Crippen molar-refractivity contribution in [2.75, 3.05) is 12.4 Å². The van der Waals surface area contributed by atoms with Crippen molar-refractivity contribution < 1.29 is 18.7 Å². The largest absolute Gasteiger partial charge is 0.463 e. The van der Waals surface area contributed by atoms with Gasteiger partial charge in [-0.25, -0.2) is 4.79 Å². The summed E-state index contributed by atoms with van der Waals surface area (Å²) in [5.41, 5.74) is 6.43. The Morgan fingerprint density at radius 3 is 2.43 bits per heavy atom. The number of hydrogen-bond donors (Lipinski definition) is 2. The first kappa shape index (κ1) is 14.6. The number of carbonyl (C=O) groups excluding carboxylic acids is 2. The minimum atomic E-state index is -0.515. The van der Waals surface area contributed by atoms with Crippen molar-refractivity contribution >= 4 is 17.6 Å². The zero-order valence-electron chi connectivity index (χ0n) is 11.8. The third-order valence-corrected chi connectivity index (χ3v) is 2.99. The summed E-state index contributed by atoms with van der Waals surface area (Å²) >= 11 is 0. The molecule has 0 fully saturated rings. The van der Waals surface area contributed by atoms with Gasteiger partial charge in [-0.15, -0.1) is 0 Å². The van der Waals surface area contributed by atoms with Gasteiger partial charge in [0, 0.05) is 11.3 Å². The van der Waals surface area contributed by atoms with Crippen LogP contribution in [-0.2, 0) is 4.74 Å². The van der Waals surface area contributed by atoms with Gasteiger partial charge in [0.05, 0.1) is 13.2 Å². The molecule has 6 nitrogen and oxygen atoms in total. The van der Waals surface area contributed by atoms with E-state index in [2.05, 4.69) is 10.1 Å². The van der Waals surface area contributed by atoms with Gasteiger partial charge in [0.2, 0.25) is 11.7 Å². The van der Waals surface area contributed by atoms with Crippen LogP contribution < -0.4 is 11.1 Å². The Hall–Kier alpha value is -2.76. The maximum atomic E-state index is 11.3. The van der Waals surface area contributed by atoms with Crippen LogP contribution in [0.5, 0.6) is 0 Å². The normalized spacial score (nSPS) is 11.7. The molecule has 3 N–H and O–H groups in total. The van der Waals surface area contributed by atoms with Crippen molar-refractivity contribution in [1.82, 2.24) is 0 Å². The number of ether oxygens (including phenoxy) is 1. The van der Waals surface area contributed by atoms with Gasteiger partial charge < -0.3 is 20.2 Å². The molecule has 0 radical (unpaired) electrons. The standard InChI is InChI=1S/C15H16N2O4/c1-9(12-7-8-13(21-12)15(19)20-2)17-11-5-3-10(4-6-11)14(16)18/h3-9,17H,1-2H3,(H2,16,18). The molecule has 1 aromatic heterocycles. The van der Waals surface area contributed by atoms with Crippen LogP contribution in [0, 0.1) is 0 Å². The van der Waals surface area contributed by atoms with Gasteiger partial charge in [-0.2, -0.15) is 0 Å². The molecule has 21 heavy (non-hydrogen) atoms. The van der Waals surface area contributed by atoms with Crippen molar-refractivity contribution in [3.05, 3.63) is 53.5 Å². The van der Waals surface area contributed by atoms with E-state index in [1.807, 2.05) is 6.92 Å². The number of furan rings is 1. The van der Waals surface area contributed by atoms with E-state index < -0.39 is 11.9 Å². The molecule has 0 spiro atoms. The lowest BCUT2D eigenvalue weighted by atomic mass is 10.2. The fourth-order valence-corrected chi connectivity index (χ4v) is 1.85. The van der Waals surface area contributed by atoms with Crippen LogP contribution in [-0.4, -0.2) is 19.0 Å². The minimum absolute atomic E-state index is 0.150. The summed E-state index contributed by atoms with van der Waals surface area (Å²) in [7, 11) is 1.30. The molecule has 1 amide bonds. The molecule has 1 heterocycles. The van der Waals surface area contributed by atoms with Gasteiger partial charge in [0.15, 0.2) is 0 Å². The highest BCUT2D eigenvalue weighted by atomic mass is 16.5.